The van der Waals surface area contributed by atoms with Crippen LogP contribution < -0.4 is 15.4 Å². The molecular formula is C28H30N2O5. The van der Waals surface area contributed by atoms with Gasteiger partial charge in [0.25, 0.3) is 5.91 Å². The summed E-state index contributed by atoms with van der Waals surface area (Å²) >= 11 is 0. The van der Waals surface area contributed by atoms with Gasteiger partial charge < -0.3 is 20.1 Å². The van der Waals surface area contributed by atoms with Gasteiger partial charge in [0, 0.05) is 12.1 Å². The molecular weight excluding hydrogens is 444 g/mol. The van der Waals surface area contributed by atoms with Crippen molar-refractivity contribution in [3.63, 3.8) is 0 Å². The average molecular weight is 475 g/mol. The third-order valence-corrected chi connectivity index (χ3v) is 5.36. The van der Waals surface area contributed by atoms with Crippen LogP contribution in [0.25, 0.3) is 0 Å². The zero-order valence-corrected chi connectivity index (χ0v) is 20.2. The monoisotopic (exact) mass is 474 g/mol. The molecule has 0 saturated heterocycles. The van der Waals surface area contributed by atoms with Crippen LogP contribution in [-0.2, 0) is 19.1 Å². The van der Waals surface area contributed by atoms with Crippen molar-refractivity contribution in [1.82, 2.24) is 5.32 Å². The molecule has 35 heavy (non-hydrogen) atoms. The molecule has 2 amide bonds. The minimum atomic E-state index is -0.611. The lowest BCUT2D eigenvalue weighted by molar-refractivity contribution is -0.149. The first-order chi connectivity index (χ1) is 16.8. The number of aryl methyl sites for hydroxylation is 2. The fourth-order valence-corrected chi connectivity index (χ4v) is 3.45. The molecule has 0 aliphatic carbocycles. The molecule has 0 aromatic heterocycles. The molecule has 7 heteroatoms. The van der Waals surface area contributed by atoms with E-state index in [4.69, 9.17) is 9.47 Å². The maximum atomic E-state index is 12.2. The summed E-state index contributed by atoms with van der Waals surface area (Å²) in [5, 5.41) is 5.51. The van der Waals surface area contributed by atoms with Gasteiger partial charge in [-0.1, -0.05) is 48.5 Å². The molecule has 2 N–H and O–H groups in total. The van der Waals surface area contributed by atoms with Crippen LogP contribution in [0.4, 0.5) is 5.69 Å². The first-order valence-corrected chi connectivity index (χ1v) is 11.5. The molecule has 3 rings (SSSR count). The van der Waals surface area contributed by atoms with E-state index in [-0.39, 0.29) is 31.4 Å². The number of hydrogen-bond acceptors (Lipinski definition) is 5. The number of esters is 1. The fourth-order valence-electron chi connectivity index (χ4n) is 3.45. The van der Waals surface area contributed by atoms with E-state index in [1.165, 1.54) is 0 Å². The molecule has 0 heterocycles. The Balaban J connectivity index is 1.38. The van der Waals surface area contributed by atoms with E-state index in [1.54, 1.807) is 24.3 Å². The Kier molecular flexibility index (Phi) is 9.01. The van der Waals surface area contributed by atoms with Crippen molar-refractivity contribution in [2.45, 2.75) is 39.7 Å². The van der Waals surface area contributed by atoms with E-state index in [0.29, 0.717) is 11.4 Å². The second kappa shape index (κ2) is 12.4. The molecule has 3 aromatic rings. The average Bonchev–Trinajstić information content (AvgIpc) is 2.85. The molecule has 0 aliphatic heterocycles. The summed E-state index contributed by atoms with van der Waals surface area (Å²) in [6.45, 7) is 5.43. The van der Waals surface area contributed by atoms with Crippen LogP contribution in [0.2, 0.25) is 0 Å². The number of rotatable bonds is 10. The second-order valence-corrected chi connectivity index (χ2v) is 8.26. The summed E-state index contributed by atoms with van der Waals surface area (Å²) in [4.78, 5) is 36.1. The number of anilines is 1. The normalized spacial score (nSPS) is 11.3. The summed E-state index contributed by atoms with van der Waals surface area (Å²) in [5.74, 6) is 0.129. The Labute approximate surface area is 205 Å². The summed E-state index contributed by atoms with van der Waals surface area (Å²) < 4.78 is 11.0. The van der Waals surface area contributed by atoms with Crippen molar-refractivity contribution in [3.05, 3.63) is 89.5 Å². The molecule has 0 spiro atoms. The second-order valence-electron chi connectivity index (χ2n) is 8.26. The summed E-state index contributed by atoms with van der Waals surface area (Å²) in [6, 6.07) is 22.2. The maximum Gasteiger partial charge on any atom is 0.306 e. The van der Waals surface area contributed by atoms with Crippen LogP contribution in [0.3, 0.4) is 0 Å². The van der Waals surface area contributed by atoms with Gasteiger partial charge in [-0.05, 0) is 61.7 Å². The highest BCUT2D eigenvalue weighted by Crippen LogP contribution is 2.29. The van der Waals surface area contributed by atoms with Gasteiger partial charge in [-0.3, -0.25) is 14.4 Å². The van der Waals surface area contributed by atoms with Crippen molar-refractivity contribution in [2.24, 2.45) is 0 Å². The van der Waals surface area contributed by atoms with E-state index in [9.17, 15) is 14.4 Å². The van der Waals surface area contributed by atoms with Crippen LogP contribution in [0.1, 0.15) is 42.5 Å². The molecule has 0 fully saturated rings. The third kappa shape index (κ3) is 7.99. The van der Waals surface area contributed by atoms with Gasteiger partial charge in [-0.15, -0.1) is 0 Å². The van der Waals surface area contributed by atoms with Gasteiger partial charge in [0.15, 0.2) is 6.61 Å². The Morgan fingerprint density at radius 1 is 0.800 bits per heavy atom. The zero-order valence-electron chi connectivity index (χ0n) is 20.2. The minimum absolute atomic E-state index is 0.0540. The Morgan fingerprint density at radius 3 is 2.11 bits per heavy atom. The van der Waals surface area contributed by atoms with Crippen LogP contribution in [0, 0.1) is 13.8 Å². The number of para-hydroxylation sites is 1. The predicted octanol–water partition coefficient (Wildman–Crippen LogP) is 5.24. The van der Waals surface area contributed by atoms with Gasteiger partial charge in [0.2, 0.25) is 5.91 Å². The van der Waals surface area contributed by atoms with Crippen molar-refractivity contribution in [1.29, 1.82) is 0 Å². The number of benzene rings is 3. The SMILES string of the molecule is Cc1cccc(C)c1Oc1ccc(NC(=O)CCC(=O)OCC(=O)N[C@H](C)c2ccccc2)cc1. The lowest BCUT2D eigenvalue weighted by atomic mass is 10.1. The highest BCUT2D eigenvalue weighted by molar-refractivity contribution is 5.92. The lowest BCUT2D eigenvalue weighted by Gasteiger charge is -2.14. The van der Waals surface area contributed by atoms with Crippen molar-refractivity contribution in [3.8, 4) is 11.5 Å². The number of carbonyl (C=O) groups is 3. The number of ether oxygens (including phenoxy) is 2. The van der Waals surface area contributed by atoms with Gasteiger partial charge in [-0.2, -0.15) is 0 Å². The van der Waals surface area contributed by atoms with Crippen molar-refractivity contribution >= 4 is 23.5 Å². The Bertz CT molecular complexity index is 1140. The van der Waals surface area contributed by atoms with E-state index >= 15 is 0 Å². The molecule has 0 radical (unpaired) electrons. The quantitative estimate of drug-likeness (QED) is 0.392. The highest BCUT2D eigenvalue weighted by Gasteiger charge is 2.13. The van der Waals surface area contributed by atoms with Gasteiger partial charge in [0.05, 0.1) is 12.5 Å². The number of hydrogen-bond donors (Lipinski definition) is 2. The van der Waals surface area contributed by atoms with E-state index in [0.717, 1.165) is 22.4 Å². The van der Waals surface area contributed by atoms with E-state index in [1.807, 2.05) is 69.3 Å². The minimum Gasteiger partial charge on any atom is -0.457 e. The van der Waals surface area contributed by atoms with E-state index < -0.39 is 11.9 Å². The first-order valence-electron chi connectivity index (χ1n) is 11.5. The number of nitrogens with one attached hydrogen (secondary N) is 2. The van der Waals surface area contributed by atoms with Gasteiger partial charge in [-0.25, -0.2) is 0 Å². The predicted molar refractivity (Wildman–Crippen MR) is 134 cm³/mol. The molecule has 3 aromatic carbocycles. The van der Waals surface area contributed by atoms with Crippen LogP contribution in [0.15, 0.2) is 72.8 Å². The Hall–Kier alpha value is -4.13. The molecule has 1 atom stereocenters. The highest BCUT2D eigenvalue weighted by atomic mass is 16.5. The smallest absolute Gasteiger partial charge is 0.306 e. The Morgan fingerprint density at radius 2 is 1.46 bits per heavy atom. The van der Waals surface area contributed by atoms with Gasteiger partial charge >= 0.3 is 5.97 Å². The summed E-state index contributed by atoms with van der Waals surface area (Å²) in [6.07, 6.45) is -0.178. The standard InChI is InChI=1S/C28H30N2O5/c1-19-8-7-9-20(2)28(19)35-24-14-12-23(13-15-24)30-25(31)16-17-27(33)34-18-26(32)29-21(3)22-10-5-4-6-11-22/h4-15,21H,16-18H2,1-3H3,(H,29,32)(H,30,31)/t21-/m1/s1. The topological polar surface area (TPSA) is 93.7 Å². The first kappa shape index (κ1) is 25.5. The lowest BCUT2D eigenvalue weighted by Crippen LogP contribution is -2.31. The zero-order chi connectivity index (χ0) is 25.2. The van der Waals surface area contributed by atoms with Crippen LogP contribution in [0.5, 0.6) is 11.5 Å². The van der Waals surface area contributed by atoms with Crippen LogP contribution in [-0.4, -0.2) is 24.4 Å². The molecule has 0 unspecified atom stereocenters. The number of carbonyl (C=O) groups excluding carboxylic acids is 3. The van der Waals surface area contributed by atoms with Gasteiger partial charge in [0.1, 0.15) is 11.5 Å². The van der Waals surface area contributed by atoms with Crippen LogP contribution >= 0.6 is 0 Å². The molecule has 7 nitrogen and oxygen atoms in total. The molecule has 0 bridgehead atoms. The maximum absolute atomic E-state index is 12.2. The van der Waals surface area contributed by atoms with E-state index in [2.05, 4.69) is 10.6 Å². The van der Waals surface area contributed by atoms with Crippen molar-refractivity contribution < 1.29 is 23.9 Å². The fraction of sp³-hybridized carbons (Fsp3) is 0.250. The summed E-state index contributed by atoms with van der Waals surface area (Å²) in [5.41, 5.74) is 3.62. The third-order valence-electron chi connectivity index (χ3n) is 5.36. The molecule has 0 aliphatic rings. The largest absolute Gasteiger partial charge is 0.457 e. The van der Waals surface area contributed by atoms with Crippen molar-refractivity contribution in [2.75, 3.05) is 11.9 Å². The molecule has 182 valence electrons. The number of amides is 2. The molecule has 0 saturated carbocycles. The summed E-state index contributed by atoms with van der Waals surface area (Å²) in [7, 11) is 0.